The highest BCUT2D eigenvalue weighted by atomic mass is 16.2. The summed E-state index contributed by atoms with van der Waals surface area (Å²) in [5.74, 6) is 0.163. The van der Waals surface area contributed by atoms with Crippen molar-refractivity contribution in [2.24, 2.45) is 5.73 Å². The first-order valence-corrected chi connectivity index (χ1v) is 5.62. The average Bonchev–Trinajstić information content (AvgIpc) is 2.21. The van der Waals surface area contributed by atoms with Crippen molar-refractivity contribution in [1.29, 1.82) is 0 Å². The molecule has 1 unspecified atom stereocenters. The Labute approximate surface area is 93.4 Å². The number of carbonyl (C=O) groups is 1. The summed E-state index contributed by atoms with van der Waals surface area (Å²) in [5, 5.41) is 0. The van der Waals surface area contributed by atoms with Crippen LogP contribution in [0.1, 0.15) is 26.2 Å². The van der Waals surface area contributed by atoms with Gasteiger partial charge < -0.3 is 10.6 Å². The summed E-state index contributed by atoms with van der Waals surface area (Å²) in [6.07, 6.45) is 3.33. The van der Waals surface area contributed by atoms with Gasteiger partial charge in [0.2, 0.25) is 5.91 Å². The Hall–Kier alpha value is -0.610. The molecule has 0 radical (unpaired) electrons. The number of hydrogen-bond acceptors (Lipinski definition) is 3. The Kier molecular flexibility index (Phi) is 7.34. The Morgan fingerprint density at radius 3 is 2.27 bits per heavy atom. The number of unbranched alkanes of at least 4 members (excludes halogenated alkanes) is 2. The molecule has 15 heavy (non-hydrogen) atoms. The molecule has 0 bridgehead atoms. The molecule has 4 nitrogen and oxygen atoms in total. The fourth-order valence-electron chi connectivity index (χ4n) is 1.44. The molecule has 0 spiro atoms. The third-order valence-electron chi connectivity index (χ3n) is 2.67. The lowest BCUT2D eigenvalue weighted by Gasteiger charge is -2.26. The van der Waals surface area contributed by atoms with E-state index in [0.717, 1.165) is 32.4 Å². The van der Waals surface area contributed by atoms with Crippen LogP contribution in [0.3, 0.4) is 0 Å². The van der Waals surface area contributed by atoms with Gasteiger partial charge in [0.05, 0.1) is 6.04 Å². The monoisotopic (exact) mass is 215 g/mol. The summed E-state index contributed by atoms with van der Waals surface area (Å²) in [6.45, 7) is 3.67. The van der Waals surface area contributed by atoms with Gasteiger partial charge in [-0.3, -0.25) is 9.69 Å². The Morgan fingerprint density at radius 2 is 1.80 bits per heavy atom. The minimum absolute atomic E-state index is 0.0297. The smallest absolute Gasteiger partial charge is 0.239 e. The van der Waals surface area contributed by atoms with Crippen molar-refractivity contribution in [1.82, 2.24) is 9.80 Å². The van der Waals surface area contributed by atoms with Gasteiger partial charge in [0, 0.05) is 14.1 Å². The summed E-state index contributed by atoms with van der Waals surface area (Å²) < 4.78 is 0. The SMILES string of the molecule is CC(C(=O)N(C)C)N(C)CCCCCN. The molecule has 4 heteroatoms. The van der Waals surface area contributed by atoms with Crippen LogP contribution >= 0.6 is 0 Å². The maximum absolute atomic E-state index is 11.6. The van der Waals surface area contributed by atoms with Crippen molar-refractivity contribution in [2.45, 2.75) is 32.2 Å². The normalized spacial score (nSPS) is 12.9. The quantitative estimate of drug-likeness (QED) is 0.630. The highest BCUT2D eigenvalue weighted by molar-refractivity contribution is 5.80. The van der Waals surface area contributed by atoms with Crippen molar-refractivity contribution < 1.29 is 4.79 Å². The van der Waals surface area contributed by atoms with Crippen LogP contribution in [0.5, 0.6) is 0 Å². The molecule has 0 heterocycles. The molecule has 2 N–H and O–H groups in total. The number of amides is 1. The molecular weight excluding hydrogens is 190 g/mol. The zero-order chi connectivity index (χ0) is 11.8. The molecule has 0 aromatic carbocycles. The molecule has 0 aliphatic carbocycles. The fraction of sp³-hybridized carbons (Fsp3) is 0.909. The number of hydrogen-bond donors (Lipinski definition) is 1. The number of nitrogens with two attached hydrogens (primary N) is 1. The summed E-state index contributed by atoms with van der Waals surface area (Å²) in [7, 11) is 5.58. The number of nitrogens with zero attached hydrogens (tertiary/aromatic N) is 2. The third-order valence-corrected chi connectivity index (χ3v) is 2.67. The van der Waals surface area contributed by atoms with E-state index in [9.17, 15) is 4.79 Å². The van der Waals surface area contributed by atoms with Crippen molar-refractivity contribution in [3.8, 4) is 0 Å². The van der Waals surface area contributed by atoms with Crippen LogP contribution in [0.2, 0.25) is 0 Å². The van der Waals surface area contributed by atoms with Crippen LogP contribution in [0, 0.1) is 0 Å². The minimum atomic E-state index is -0.0297. The van der Waals surface area contributed by atoms with E-state index >= 15 is 0 Å². The lowest BCUT2D eigenvalue weighted by atomic mass is 10.2. The summed E-state index contributed by atoms with van der Waals surface area (Å²) in [5.41, 5.74) is 5.42. The Bertz CT molecular complexity index is 183. The fourth-order valence-corrected chi connectivity index (χ4v) is 1.44. The predicted octanol–water partition coefficient (Wildman–Crippen LogP) is 0.524. The van der Waals surface area contributed by atoms with E-state index in [-0.39, 0.29) is 11.9 Å². The van der Waals surface area contributed by atoms with Gasteiger partial charge in [-0.2, -0.15) is 0 Å². The molecule has 1 atom stereocenters. The van der Waals surface area contributed by atoms with Gasteiger partial charge in [0.25, 0.3) is 0 Å². The highest BCUT2D eigenvalue weighted by Crippen LogP contribution is 2.02. The molecule has 0 aromatic heterocycles. The molecule has 0 fully saturated rings. The van der Waals surface area contributed by atoms with Gasteiger partial charge in [-0.1, -0.05) is 6.42 Å². The molecule has 90 valence electrons. The first-order chi connectivity index (χ1) is 7.00. The molecule has 0 aromatic rings. The van der Waals surface area contributed by atoms with E-state index in [0.29, 0.717) is 0 Å². The summed E-state index contributed by atoms with van der Waals surface area (Å²) in [6, 6.07) is -0.0297. The van der Waals surface area contributed by atoms with Gasteiger partial charge >= 0.3 is 0 Å². The second-order valence-corrected chi connectivity index (χ2v) is 4.24. The minimum Gasteiger partial charge on any atom is -0.347 e. The molecular formula is C11H25N3O. The van der Waals surface area contributed by atoms with Crippen LogP contribution in [0.15, 0.2) is 0 Å². The highest BCUT2D eigenvalue weighted by Gasteiger charge is 2.18. The van der Waals surface area contributed by atoms with Gasteiger partial charge in [-0.25, -0.2) is 0 Å². The molecule has 0 aliphatic rings. The number of likely N-dealkylation sites (N-methyl/N-ethyl adjacent to an activating group) is 2. The summed E-state index contributed by atoms with van der Waals surface area (Å²) in [4.78, 5) is 15.4. The lowest BCUT2D eigenvalue weighted by Crippen LogP contribution is -2.42. The van der Waals surface area contributed by atoms with E-state index in [1.807, 2.05) is 14.0 Å². The van der Waals surface area contributed by atoms with Gasteiger partial charge in [0.1, 0.15) is 0 Å². The van der Waals surface area contributed by atoms with Crippen LogP contribution < -0.4 is 5.73 Å². The average molecular weight is 215 g/mol. The zero-order valence-electron chi connectivity index (χ0n) is 10.5. The predicted molar refractivity (Wildman–Crippen MR) is 63.7 cm³/mol. The van der Waals surface area contributed by atoms with E-state index in [4.69, 9.17) is 5.73 Å². The maximum Gasteiger partial charge on any atom is 0.239 e. The standard InChI is InChI=1S/C11H25N3O/c1-10(11(15)13(2)3)14(4)9-7-5-6-8-12/h10H,5-9,12H2,1-4H3. The van der Waals surface area contributed by atoms with Crippen molar-refractivity contribution >= 4 is 5.91 Å². The zero-order valence-corrected chi connectivity index (χ0v) is 10.5. The Balaban J connectivity index is 3.78. The molecule has 0 rings (SSSR count). The third kappa shape index (κ3) is 5.74. The van der Waals surface area contributed by atoms with Gasteiger partial charge in [-0.15, -0.1) is 0 Å². The Morgan fingerprint density at radius 1 is 1.20 bits per heavy atom. The first-order valence-electron chi connectivity index (χ1n) is 5.62. The number of rotatable bonds is 7. The lowest BCUT2D eigenvalue weighted by molar-refractivity contribution is -0.133. The second kappa shape index (κ2) is 7.65. The summed E-state index contributed by atoms with van der Waals surface area (Å²) >= 11 is 0. The van der Waals surface area contributed by atoms with Gasteiger partial charge in [-0.05, 0) is 39.9 Å². The largest absolute Gasteiger partial charge is 0.347 e. The first kappa shape index (κ1) is 14.4. The van der Waals surface area contributed by atoms with E-state index < -0.39 is 0 Å². The molecule has 0 aliphatic heterocycles. The van der Waals surface area contributed by atoms with Crippen LogP contribution in [0.25, 0.3) is 0 Å². The topological polar surface area (TPSA) is 49.6 Å². The van der Waals surface area contributed by atoms with E-state index in [1.165, 1.54) is 0 Å². The van der Waals surface area contributed by atoms with Crippen LogP contribution in [-0.2, 0) is 4.79 Å². The van der Waals surface area contributed by atoms with Crippen molar-refractivity contribution in [3.63, 3.8) is 0 Å². The van der Waals surface area contributed by atoms with Crippen LogP contribution in [-0.4, -0.2) is 56.0 Å². The van der Waals surface area contributed by atoms with Crippen molar-refractivity contribution in [3.05, 3.63) is 0 Å². The second-order valence-electron chi connectivity index (χ2n) is 4.24. The molecule has 0 saturated heterocycles. The maximum atomic E-state index is 11.6. The van der Waals surface area contributed by atoms with Crippen molar-refractivity contribution in [2.75, 3.05) is 34.2 Å². The van der Waals surface area contributed by atoms with Gasteiger partial charge in [0.15, 0.2) is 0 Å². The van der Waals surface area contributed by atoms with E-state index in [2.05, 4.69) is 4.90 Å². The molecule has 0 saturated carbocycles. The van der Waals surface area contributed by atoms with Crippen LogP contribution in [0.4, 0.5) is 0 Å². The molecule has 1 amide bonds. The number of carbonyl (C=O) groups excluding carboxylic acids is 1. The van der Waals surface area contributed by atoms with E-state index in [1.54, 1.807) is 19.0 Å².